The molecule has 0 saturated heterocycles. The second kappa shape index (κ2) is 5.66. The number of hydrogen-bond donors (Lipinski definition) is 0. The molecule has 0 heterocycles. The van der Waals surface area contributed by atoms with Gasteiger partial charge in [-0.05, 0) is 17.7 Å². The lowest BCUT2D eigenvalue weighted by Crippen LogP contribution is -2.20. The highest BCUT2D eigenvalue weighted by Gasteiger charge is 2.16. The highest BCUT2D eigenvalue weighted by molar-refractivity contribution is 5.57. The molecule has 0 N–H and O–H groups in total. The van der Waals surface area contributed by atoms with Crippen LogP contribution in [-0.4, -0.2) is 20.0 Å². The summed E-state index contributed by atoms with van der Waals surface area (Å²) in [4.78, 5) is 10.7. The molecule has 0 aliphatic carbocycles. The average molecular weight is 222 g/mol. The number of rotatable bonds is 6. The first kappa shape index (κ1) is 12.7. The monoisotopic (exact) mass is 222 g/mol. The zero-order chi connectivity index (χ0) is 12.0. The summed E-state index contributed by atoms with van der Waals surface area (Å²) in [6, 6.07) is 7.69. The molecular weight excluding hydrogens is 204 g/mol. The Labute approximate surface area is 96.4 Å². The van der Waals surface area contributed by atoms with E-state index >= 15 is 0 Å². The molecule has 1 rings (SSSR count). The fourth-order valence-electron chi connectivity index (χ4n) is 1.19. The van der Waals surface area contributed by atoms with Gasteiger partial charge in [-0.2, -0.15) is 0 Å². The quantitative estimate of drug-likeness (QED) is 0.693. The minimum absolute atomic E-state index is 0.410. The Kier molecular flexibility index (Phi) is 4.50. The predicted octanol–water partition coefficient (Wildman–Crippen LogP) is 2.44. The number of carbonyl (C=O) groups excluding carboxylic acids is 1. The van der Waals surface area contributed by atoms with E-state index in [1.165, 1.54) is 0 Å². The van der Waals surface area contributed by atoms with E-state index in [9.17, 15) is 4.79 Å². The first-order valence-electron chi connectivity index (χ1n) is 5.24. The molecule has 0 aliphatic heterocycles. The molecular formula is C13H18O3. The summed E-state index contributed by atoms with van der Waals surface area (Å²) < 4.78 is 10.5. The molecule has 0 saturated carbocycles. The van der Waals surface area contributed by atoms with Crippen molar-refractivity contribution in [1.82, 2.24) is 0 Å². The Morgan fingerprint density at radius 3 is 2.38 bits per heavy atom. The number of benzene rings is 1. The second-order valence-electron chi connectivity index (χ2n) is 4.45. The molecule has 0 atom stereocenters. The van der Waals surface area contributed by atoms with Crippen molar-refractivity contribution in [2.45, 2.75) is 20.5 Å². The van der Waals surface area contributed by atoms with Crippen LogP contribution >= 0.6 is 0 Å². The van der Waals surface area contributed by atoms with Crippen LogP contribution in [-0.2, 0) is 16.1 Å². The van der Waals surface area contributed by atoms with Crippen LogP contribution < -0.4 is 4.74 Å². The van der Waals surface area contributed by atoms with E-state index in [0.717, 1.165) is 17.6 Å². The number of methoxy groups -OCH3 is 1. The fourth-order valence-corrected chi connectivity index (χ4v) is 1.19. The smallest absolute Gasteiger partial charge is 0.127 e. The molecule has 1 aromatic carbocycles. The maximum absolute atomic E-state index is 10.7. The predicted molar refractivity (Wildman–Crippen MR) is 62.5 cm³/mol. The molecule has 0 amide bonds. The van der Waals surface area contributed by atoms with E-state index < -0.39 is 5.41 Å². The highest BCUT2D eigenvalue weighted by atomic mass is 16.5. The first-order valence-corrected chi connectivity index (χ1v) is 5.24. The third-order valence-corrected chi connectivity index (χ3v) is 2.22. The van der Waals surface area contributed by atoms with E-state index in [2.05, 4.69) is 0 Å². The Morgan fingerprint density at radius 2 is 1.88 bits per heavy atom. The molecule has 0 spiro atoms. The van der Waals surface area contributed by atoms with Crippen LogP contribution in [0.15, 0.2) is 24.3 Å². The number of aldehydes is 1. The summed E-state index contributed by atoms with van der Waals surface area (Å²) in [6.45, 7) is 4.66. The zero-order valence-corrected chi connectivity index (χ0v) is 10.0. The molecule has 3 nitrogen and oxygen atoms in total. The Hall–Kier alpha value is -1.35. The summed E-state index contributed by atoms with van der Waals surface area (Å²) >= 11 is 0. The van der Waals surface area contributed by atoms with Gasteiger partial charge >= 0.3 is 0 Å². The molecule has 3 heteroatoms. The van der Waals surface area contributed by atoms with Gasteiger partial charge in [0.25, 0.3) is 0 Å². The van der Waals surface area contributed by atoms with E-state index in [-0.39, 0.29) is 0 Å². The summed E-state index contributed by atoms with van der Waals surface area (Å²) in [5.41, 5.74) is 0.662. The molecule has 1 aromatic rings. The minimum Gasteiger partial charge on any atom is -0.497 e. The molecule has 0 aliphatic rings. The molecule has 0 unspecified atom stereocenters. The van der Waals surface area contributed by atoms with Crippen molar-refractivity contribution < 1.29 is 14.3 Å². The van der Waals surface area contributed by atoms with Gasteiger partial charge in [-0.1, -0.05) is 26.0 Å². The molecule has 0 radical (unpaired) electrons. The van der Waals surface area contributed by atoms with Crippen LogP contribution in [0.25, 0.3) is 0 Å². The van der Waals surface area contributed by atoms with Gasteiger partial charge in [0.15, 0.2) is 0 Å². The van der Waals surface area contributed by atoms with Crippen molar-refractivity contribution >= 4 is 6.29 Å². The lowest BCUT2D eigenvalue weighted by molar-refractivity contribution is -0.117. The van der Waals surface area contributed by atoms with Gasteiger partial charge in [0, 0.05) is 5.41 Å². The van der Waals surface area contributed by atoms with E-state index in [1.807, 2.05) is 38.1 Å². The third-order valence-electron chi connectivity index (χ3n) is 2.22. The van der Waals surface area contributed by atoms with Crippen LogP contribution in [0.3, 0.4) is 0 Å². The molecule has 16 heavy (non-hydrogen) atoms. The van der Waals surface area contributed by atoms with Crippen LogP contribution in [0.2, 0.25) is 0 Å². The summed E-state index contributed by atoms with van der Waals surface area (Å²) in [5.74, 6) is 0.831. The molecule has 88 valence electrons. The van der Waals surface area contributed by atoms with Gasteiger partial charge in [-0.15, -0.1) is 0 Å². The molecule has 0 bridgehead atoms. The van der Waals surface area contributed by atoms with Crippen molar-refractivity contribution in [3.05, 3.63) is 29.8 Å². The molecule has 0 aromatic heterocycles. The van der Waals surface area contributed by atoms with E-state index in [0.29, 0.717) is 13.2 Å². The van der Waals surface area contributed by atoms with Gasteiger partial charge in [0.05, 0.1) is 20.3 Å². The van der Waals surface area contributed by atoms with Crippen LogP contribution in [0, 0.1) is 5.41 Å². The van der Waals surface area contributed by atoms with Crippen molar-refractivity contribution in [3.8, 4) is 5.75 Å². The van der Waals surface area contributed by atoms with Crippen molar-refractivity contribution in [1.29, 1.82) is 0 Å². The summed E-state index contributed by atoms with van der Waals surface area (Å²) in [6.07, 6.45) is 0.918. The Balaban J connectivity index is 2.40. The lowest BCUT2D eigenvalue weighted by atomic mass is 9.98. The largest absolute Gasteiger partial charge is 0.497 e. The fraction of sp³-hybridized carbons (Fsp3) is 0.462. The summed E-state index contributed by atoms with van der Waals surface area (Å²) in [5, 5.41) is 0. The lowest BCUT2D eigenvalue weighted by Gasteiger charge is -2.16. The second-order valence-corrected chi connectivity index (χ2v) is 4.45. The third kappa shape index (κ3) is 4.03. The number of hydrogen-bond acceptors (Lipinski definition) is 3. The van der Waals surface area contributed by atoms with Crippen LogP contribution in [0.5, 0.6) is 5.75 Å². The molecule has 0 fully saturated rings. The van der Waals surface area contributed by atoms with Crippen molar-refractivity contribution in [2.75, 3.05) is 13.7 Å². The minimum atomic E-state index is -0.410. The summed E-state index contributed by atoms with van der Waals surface area (Å²) in [7, 11) is 1.64. The topological polar surface area (TPSA) is 35.5 Å². The number of ether oxygens (including phenoxy) is 2. The van der Waals surface area contributed by atoms with Crippen molar-refractivity contribution in [2.24, 2.45) is 5.41 Å². The zero-order valence-electron chi connectivity index (χ0n) is 10.0. The van der Waals surface area contributed by atoms with Crippen molar-refractivity contribution in [3.63, 3.8) is 0 Å². The Bertz CT molecular complexity index is 328. The van der Waals surface area contributed by atoms with E-state index in [1.54, 1.807) is 7.11 Å². The Morgan fingerprint density at radius 1 is 1.25 bits per heavy atom. The maximum Gasteiger partial charge on any atom is 0.127 e. The van der Waals surface area contributed by atoms with Crippen LogP contribution in [0.1, 0.15) is 19.4 Å². The van der Waals surface area contributed by atoms with Gasteiger partial charge in [0.2, 0.25) is 0 Å². The van der Waals surface area contributed by atoms with Gasteiger partial charge < -0.3 is 14.3 Å². The van der Waals surface area contributed by atoms with Gasteiger partial charge in [-0.25, -0.2) is 0 Å². The van der Waals surface area contributed by atoms with Gasteiger partial charge in [0.1, 0.15) is 12.0 Å². The maximum atomic E-state index is 10.7. The van der Waals surface area contributed by atoms with E-state index in [4.69, 9.17) is 9.47 Å². The SMILES string of the molecule is COc1ccc(COCC(C)(C)C=O)cc1. The highest BCUT2D eigenvalue weighted by Crippen LogP contribution is 2.15. The first-order chi connectivity index (χ1) is 7.57. The normalized spacial score (nSPS) is 11.2. The van der Waals surface area contributed by atoms with Crippen LogP contribution in [0.4, 0.5) is 0 Å². The number of carbonyl (C=O) groups is 1. The standard InChI is InChI=1S/C13H18O3/c1-13(2,9-14)10-16-8-11-4-6-12(15-3)7-5-11/h4-7,9H,8,10H2,1-3H3. The van der Waals surface area contributed by atoms with Gasteiger partial charge in [-0.3, -0.25) is 0 Å². The average Bonchev–Trinajstić information content (AvgIpc) is 2.30.